The van der Waals surface area contributed by atoms with Gasteiger partial charge in [0, 0.05) is 5.92 Å². The van der Waals surface area contributed by atoms with Gasteiger partial charge in [0.2, 0.25) is 0 Å². The van der Waals surface area contributed by atoms with E-state index in [1.807, 2.05) is 11.4 Å². The molecule has 0 spiro atoms. The molecule has 4 nitrogen and oxygen atoms in total. The minimum absolute atomic E-state index is 0.488. The van der Waals surface area contributed by atoms with Crippen LogP contribution in [-0.4, -0.2) is 10.1 Å². The SMILES string of the molecule is CC1CC1c1noc(-c2ccsc2N)n1. The fourth-order valence-corrected chi connectivity index (χ4v) is 2.31. The third kappa shape index (κ3) is 1.43. The number of nitrogen functional groups attached to an aromatic ring is 1. The molecule has 1 aliphatic rings. The van der Waals surface area contributed by atoms with E-state index in [4.69, 9.17) is 10.3 Å². The van der Waals surface area contributed by atoms with Crippen molar-refractivity contribution in [2.75, 3.05) is 5.73 Å². The lowest BCUT2D eigenvalue weighted by Gasteiger charge is -1.89. The molecule has 1 saturated carbocycles. The average molecular weight is 221 g/mol. The van der Waals surface area contributed by atoms with Crippen molar-refractivity contribution in [3.63, 3.8) is 0 Å². The summed E-state index contributed by atoms with van der Waals surface area (Å²) in [5, 5.41) is 6.64. The zero-order valence-electron chi connectivity index (χ0n) is 8.30. The maximum atomic E-state index is 5.79. The van der Waals surface area contributed by atoms with Crippen molar-refractivity contribution in [1.82, 2.24) is 10.1 Å². The van der Waals surface area contributed by atoms with E-state index in [0.717, 1.165) is 22.8 Å². The number of hydrogen-bond acceptors (Lipinski definition) is 5. The van der Waals surface area contributed by atoms with E-state index in [2.05, 4.69) is 17.1 Å². The van der Waals surface area contributed by atoms with Crippen LogP contribution in [0.15, 0.2) is 16.0 Å². The Morgan fingerprint density at radius 2 is 2.40 bits per heavy atom. The molecule has 1 fully saturated rings. The van der Waals surface area contributed by atoms with Gasteiger partial charge in [0.25, 0.3) is 5.89 Å². The Morgan fingerprint density at radius 1 is 1.60 bits per heavy atom. The molecule has 0 bridgehead atoms. The van der Waals surface area contributed by atoms with Crippen LogP contribution in [0, 0.1) is 5.92 Å². The zero-order valence-corrected chi connectivity index (χ0v) is 9.12. The zero-order chi connectivity index (χ0) is 10.4. The van der Waals surface area contributed by atoms with Crippen LogP contribution in [0.5, 0.6) is 0 Å². The van der Waals surface area contributed by atoms with Gasteiger partial charge >= 0.3 is 0 Å². The number of nitrogens with zero attached hydrogens (tertiary/aromatic N) is 2. The fraction of sp³-hybridized carbons (Fsp3) is 0.400. The molecule has 0 amide bonds. The molecule has 2 N–H and O–H groups in total. The summed E-state index contributed by atoms with van der Waals surface area (Å²) >= 11 is 1.48. The van der Waals surface area contributed by atoms with Crippen molar-refractivity contribution in [1.29, 1.82) is 0 Å². The van der Waals surface area contributed by atoms with E-state index in [9.17, 15) is 0 Å². The van der Waals surface area contributed by atoms with Crippen LogP contribution in [0.3, 0.4) is 0 Å². The highest BCUT2D eigenvalue weighted by Crippen LogP contribution is 2.46. The van der Waals surface area contributed by atoms with Crippen LogP contribution in [0.4, 0.5) is 5.00 Å². The minimum Gasteiger partial charge on any atom is -0.390 e. The molecular formula is C10H11N3OS. The molecule has 2 heterocycles. The quantitative estimate of drug-likeness (QED) is 0.846. The standard InChI is InChI=1S/C10H11N3OS/c1-5-4-7(5)9-12-10(14-13-9)6-2-3-15-8(6)11/h2-3,5,7H,4,11H2,1H3. The molecule has 3 rings (SSSR count). The largest absolute Gasteiger partial charge is 0.390 e. The van der Waals surface area contributed by atoms with Gasteiger partial charge < -0.3 is 10.3 Å². The Bertz CT molecular complexity index is 490. The number of thiophene rings is 1. The summed E-state index contributed by atoms with van der Waals surface area (Å²) in [7, 11) is 0. The van der Waals surface area contributed by atoms with E-state index in [1.165, 1.54) is 11.3 Å². The Hall–Kier alpha value is -1.36. The molecular weight excluding hydrogens is 210 g/mol. The Morgan fingerprint density at radius 3 is 3.00 bits per heavy atom. The van der Waals surface area contributed by atoms with E-state index in [-0.39, 0.29) is 0 Å². The normalized spacial score (nSPS) is 24.3. The van der Waals surface area contributed by atoms with Crippen molar-refractivity contribution in [3.8, 4) is 11.5 Å². The second-order valence-electron chi connectivity index (χ2n) is 3.98. The van der Waals surface area contributed by atoms with Gasteiger partial charge in [-0.15, -0.1) is 11.3 Å². The third-order valence-electron chi connectivity index (χ3n) is 2.81. The first-order valence-electron chi connectivity index (χ1n) is 4.92. The molecule has 1 aliphatic carbocycles. The molecule has 15 heavy (non-hydrogen) atoms. The molecule has 0 radical (unpaired) electrons. The van der Waals surface area contributed by atoms with Gasteiger partial charge in [0.1, 0.15) is 0 Å². The Labute approximate surface area is 91.1 Å². The number of anilines is 1. The molecule has 0 aromatic carbocycles. The van der Waals surface area contributed by atoms with Crippen LogP contribution < -0.4 is 5.73 Å². The molecule has 78 valence electrons. The summed E-state index contributed by atoms with van der Waals surface area (Å²) in [6.07, 6.45) is 1.16. The van der Waals surface area contributed by atoms with Crippen LogP contribution in [0.25, 0.3) is 11.5 Å². The first kappa shape index (κ1) is 8.91. The van der Waals surface area contributed by atoms with Crippen molar-refractivity contribution in [2.24, 2.45) is 5.92 Å². The van der Waals surface area contributed by atoms with Crippen molar-refractivity contribution in [2.45, 2.75) is 19.3 Å². The second-order valence-corrected chi connectivity index (χ2v) is 4.92. The smallest absolute Gasteiger partial charge is 0.260 e. The molecule has 0 saturated heterocycles. The molecule has 2 aromatic heterocycles. The molecule has 0 aliphatic heterocycles. The van der Waals surface area contributed by atoms with Gasteiger partial charge in [-0.3, -0.25) is 0 Å². The average Bonchev–Trinajstić information content (AvgIpc) is 2.69. The maximum Gasteiger partial charge on any atom is 0.260 e. The van der Waals surface area contributed by atoms with Gasteiger partial charge in [0.05, 0.1) is 10.6 Å². The Balaban J connectivity index is 1.94. The summed E-state index contributed by atoms with van der Waals surface area (Å²) in [6.45, 7) is 2.19. The van der Waals surface area contributed by atoms with Crippen LogP contribution in [-0.2, 0) is 0 Å². The minimum atomic E-state index is 0.488. The topological polar surface area (TPSA) is 64.9 Å². The highest BCUT2D eigenvalue weighted by molar-refractivity contribution is 7.14. The summed E-state index contributed by atoms with van der Waals surface area (Å²) in [5.74, 6) is 2.54. The summed E-state index contributed by atoms with van der Waals surface area (Å²) < 4.78 is 5.21. The van der Waals surface area contributed by atoms with Crippen molar-refractivity contribution in [3.05, 3.63) is 17.3 Å². The first-order valence-corrected chi connectivity index (χ1v) is 5.80. The van der Waals surface area contributed by atoms with Crippen molar-refractivity contribution >= 4 is 16.3 Å². The van der Waals surface area contributed by atoms with Gasteiger partial charge in [0.15, 0.2) is 5.82 Å². The number of hydrogen-bond donors (Lipinski definition) is 1. The van der Waals surface area contributed by atoms with Crippen LogP contribution >= 0.6 is 11.3 Å². The number of nitrogens with two attached hydrogens (primary N) is 1. The molecule has 2 unspecified atom stereocenters. The lowest BCUT2D eigenvalue weighted by molar-refractivity contribution is 0.422. The predicted octanol–water partition coefficient (Wildman–Crippen LogP) is 2.50. The van der Waals surface area contributed by atoms with Crippen LogP contribution in [0.2, 0.25) is 0 Å². The van der Waals surface area contributed by atoms with Crippen LogP contribution in [0.1, 0.15) is 25.1 Å². The fourth-order valence-electron chi connectivity index (χ4n) is 1.67. The van der Waals surface area contributed by atoms with Crippen molar-refractivity contribution < 1.29 is 4.52 Å². The van der Waals surface area contributed by atoms with E-state index >= 15 is 0 Å². The maximum absolute atomic E-state index is 5.79. The van der Waals surface area contributed by atoms with E-state index in [0.29, 0.717) is 17.7 Å². The highest BCUT2D eigenvalue weighted by Gasteiger charge is 2.38. The van der Waals surface area contributed by atoms with Gasteiger partial charge in [-0.2, -0.15) is 4.98 Å². The van der Waals surface area contributed by atoms with Gasteiger partial charge in [-0.05, 0) is 23.8 Å². The van der Waals surface area contributed by atoms with E-state index in [1.54, 1.807) is 0 Å². The lowest BCUT2D eigenvalue weighted by atomic mass is 10.3. The lowest BCUT2D eigenvalue weighted by Crippen LogP contribution is -1.86. The first-order chi connectivity index (χ1) is 7.25. The van der Waals surface area contributed by atoms with Gasteiger partial charge in [-0.25, -0.2) is 0 Å². The summed E-state index contributed by atoms with van der Waals surface area (Å²) in [4.78, 5) is 4.37. The molecule has 2 atom stereocenters. The molecule has 2 aromatic rings. The monoisotopic (exact) mass is 221 g/mol. The third-order valence-corrected chi connectivity index (χ3v) is 3.55. The summed E-state index contributed by atoms with van der Waals surface area (Å²) in [6, 6.07) is 1.91. The number of aromatic nitrogens is 2. The molecule has 5 heteroatoms. The Kier molecular flexibility index (Phi) is 1.82. The highest BCUT2D eigenvalue weighted by atomic mass is 32.1. The predicted molar refractivity (Wildman–Crippen MR) is 58.5 cm³/mol. The second kappa shape index (κ2) is 3.06. The van der Waals surface area contributed by atoms with E-state index < -0.39 is 0 Å². The van der Waals surface area contributed by atoms with Gasteiger partial charge in [-0.1, -0.05) is 12.1 Å². The summed E-state index contributed by atoms with van der Waals surface area (Å²) in [5.41, 5.74) is 6.65. The number of rotatable bonds is 2.